The van der Waals surface area contributed by atoms with Crippen molar-refractivity contribution in [2.75, 3.05) is 24.9 Å². The third-order valence-electron chi connectivity index (χ3n) is 4.45. The Balaban J connectivity index is 1.78. The van der Waals surface area contributed by atoms with E-state index in [1.54, 1.807) is 32.5 Å². The molecular weight excluding hydrogens is 354 g/mol. The van der Waals surface area contributed by atoms with Gasteiger partial charge in [-0.25, -0.2) is 0 Å². The van der Waals surface area contributed by atoms with E-state index in [2.05, 4.69) is 15.6 Å². The third kappa shape index (κ3) is 4.40. The predicted octanol–water partition coefficient (Wildman–Crippen LogP) is 4.71. The highest BCUT2D eigenvalue weighted by Crippen LogP contribution is 2.31. The van der Waals surface area contributed by atoms with E-state index >= 15 is 0 Å². The summed E-state index contributed by atoms with van der Waals surface area (Å²) in [5, 5.41) is 6.13. The van der Waals surface area contributed by atoms with Crippen molar-refractivity contribution in [3.05, 3.63) is 71.5 Å². The van der Waals surface area contributed by atoms with E-state index in [-0.39, 0.29) is 5.91 Å². The molecule has 0 radical (unpaired) electrons. The van der Waals surface area contributed by atoms with Gasteiger partial charge < -0.3 is 20.1 Å². The fraction of sp³-hybridized carbons (Fsp3) is 0.182. The van der Waals surface area contributed by atoms with Crippen LogP contribution in [0, 0.1) is 13.8 Å². The lowest BCUT2D eigenvalue weighted by Crippen LogP contribution is -2.12. The van der Waals surface area contributed by atoms with Gasteiger partial charge in [0.25, 0.3) is 5.91 Å². The SMILES string of the molecule is COc1ccc(Nc2cncc(C(=O)Nc3ccc(C)c(C)c3)c2)c(OC)c1. The molecular formula is C22H23N3O3. The Hall–Kier alpha value is -3.54. The summed E-state index contributed by atoms with van der Waals surface area (Å²) in [7, 11) is 3.19. The number of hydrogen-bond donors (Lipinski definition) is 2. The number of hydrogen-bond acceptors (Lipinski definition) is 5. The standard InChI is InChI=1S/C22H23N3O3/c1-14-5-6-17(9-15(14)2)25-22(26)16-10-18(13-23-12-16)24-20-8-7-19(27-3)11-21(20)28-4/h5-13,24H,1-4H3,(H,25,26). The summed E-state index contributed by atoms with van der Waals surface area (Å²) in [4.78, 5) is 16.8. The highest BCUT2D eigenvalue weighted by Gasteiger charge is 2.10. The van der Waals surface area contributed by atoms with Crippen molar-refractivity contribution in [3.8, 4) is 11.5 Å². The van der Waals surface area contributed by atoms with Gasteiger partial charge in [0.15, 0.2) is 0 Å². The number of aromatic nitrogens is 1. The number of anilines is 3. The van der Waals surface area contributed by atoms with Crippen LogP contribution in [0.4, 0.5) is 17.1 Å². The quantitative estimate of drug-likeness (QED) is 0.651. The zero-order valence-corrected chi connectivity index (χ0v) is 16.4. The number of nitrogens with one attached hydrogen (secondary N) is 2. The van der Waals surface area contributed by atoms with Gasteiger partial charge in [0.05, 0.1) is 37.4 Å². The van der Waals surface area contributed by atoms with Gasteiger partial charge in [0.1, 0.15) is 11.5 Å². The largest absolute Gasteiger partial charge is 0.497 e. The van der Waals surface area contributed by atoms with Crippen molar-refractivity contribution in [2.45, 2.75) is 13.8 Å². The first-order valence-electron chi connectivity index (χ1n) is 8.83. The molecule has 0 saturated carbocycles. The van der Waals surface area contributed by atoms with Crippen molar-refractivity contribution in [2.24, 2.45) is 0 Å². The van der Waals surface area contributed by atoms with Crippen LogP contribution in [0.25, 0.3) is 0 Å². The minimum absolute atomic E-state index is 0.221. The van der Waals surface area contributed by atoms with E-state index in [0.717, 1.165) is 16.9 Å². The number of amides is 1. The maximum absolute atomic E-state index is 12.6. The fourth-order valence-corrected chi connectivity index (χ4v) is 2.71. The fourth-order valence-electron chi connectivity index (χ4n) is 2.71. The van der Waals surface area contributed by atoms with E-state index in [4.69, 9.17) is 9.47 Å². The van der Waals surface area contributed by atoms with Crippen molar-refractivity contribution in [3.63, 3.8) is 0 Å². The molecule has 0 unspecified atom stereocenters. The van der Waals surface area contributed by atoms with E-state index in [9.17, 15) is 4.79 Å². The molecule has 1 heterocycles. The Morgan fingerprint density at radius 1 is 0.893 bits per heavy atom. The molecule has 0 aliphatic carbocycles. The molecule has 1 amide bonds. The number of carbonyl (C=O) groups is 1. The lowest BCUT2D eigenvalue weighted by atomic mass is 10.1. The summed E-state index contributed by atoms with van der Waals surface area (Å²) in [6, 6.07) is 13.0. The number of aryl methyl sites for hydroxylation is 2. The molecule has 6 nitrogen and oxygen atoms in total. The number of nitrogens with zero attached hydrogens (tertiary/aromatic N) is 1. The van der Waals surface area contributed by atoms with Gasteiger partial charge in [-0.1, -0.05) is 6.07 Å². The number of methoxy groups -OCH3 is 2. The number of pyridine rings is 1. The van der Waals surface area contributed by atoms with Crippen LogP contribution < -0.4 is 20.1 Å². The first-order chi connectivity index (χ1) is 13.5. The molecule has 144 valence electrons. The van der Waals surface area contributed by atoms with Gasteiger partial charge in [-0.2, -0.15) is 0 Å². The highest BCUT2D eigenvalue weighted by molar-refractivity contribution is 6.04. The van der Waals surface area contributed by atoms with Gasteiger partial charge in [0.2, 0.25) is 0 Å². The summed E-state index contributed by atoms with van der Waals surface area (Å²) in [6.45, 7) is 4.05. The summed E-state index contributed by atoms with van der Waals surface area (Å²) in [5.74, 6) is 1.10. The predicted molar refractivity (Wildman–Crippen MR) is 111 cm³/mol. The lowest BCUT2D eigenvalue weighted by Gasteiger charge is -2.13. The summed E-state index contributed by atoms with van der Waals surface area (Å²) < 4.78 is 10.6. The minimum Gasteiger partial charge on any atom is -0.497 e. The molecule has 0 fully saturated rings. The maximum atomic E-state index is 12.6. The number of carbonyl (C=O) groups excluding carboxylic acids is 1. The topological polar surface area (TPSA) is 72.5 Å². The highest BCUT2D eigenvalue weighted by atomic mass is 16.5. The molecule has 2 N–H and O–H groups in total. The first-order valence-corrected chi connectivity index (χ1v) is 8.83. The van der Waals surface area contributed by atoms with Crippen LogP contribution in [-0.4, -0.2) is 25.1 Å². The van der Waals surface area contributed by atoms with E-state index in [1.807, 2.05) is 44.2 Å². The molecule has 0 spiro atoms. The van der Waals surface area contributed by atoms with Crippen molar-refractivity contribution >= 4 is 23.0 Å². The molecule has 0 aliphatic heterocycles. The Morgan fingerprint density at radius 2 is 1.71 bits per heavy atom. The molecule has 1 aromatic heterocycles. The Bertz CT molecular complexity index is 1000. The van der Waals surface area contributed by atoms with Gasteiger partial charge in [-0.3, -0.25) is 9.78 Å². The molecule has 0 saturated heterocycles. The Labute approximate surface area is 164 Å². The molecule has 3 rings (SSSR count). The summed E-state index contributed by atoms with van der Waals surface area (Å²) >= 11 is 0. The number of benzene rings is 2. The number of rotatable bonds is 6. The molecule has 6 heteroatoms. The smallest absolute Gasteiger partial charge is 0.257 e. The van der Waals surface area contributed by atoms with E-state index in [0.29, 0.717) is 22.7 Å². The monoisotopic (exact) mass is 377 g/mol. The maximum Gasteiger partial charge on any atom is 0.257 e. The zero-order valence-electron chi connectivity index (χ0n) is 16.4. The molecule has 28 heavy (non-hydrogen) atoms. The molecule has 0 bridgehead atoms. The molecule has 0 atom stereocenters. The van der Waals surface area contributed by atoms with Crippen molar-refractivity contribution in [1.29, 1.82) is 0 Å². The summed E-state index contributed by atoms with van der Waals surface area (Å²) in [5.41, 5.74) is 4.93. The van der Waals surface area contributed by atoms with Crippen LogP contribution in [0.3, 0.4) is 0 Å². The Morgan fingerprint density at radius 3 is 2.43 bits per heavy atom. The normalized spacial score (nSPS) is 10.3. The van der Waals surface area contributed by atoms with Crippen LogP contribution >= 0.6 is 0 Å². The average Bonchev–Trinajstić information content (AvgIpc) is 2.71. The molecule has 2 aromatic carbocycles. The Kier molecular flexibility index (Phi) is 5.79. The van der Waals surface area contributed by atoms with Gasteiger partial charge in [-0.05, 0) is 55.3 Å². The molecule has 0 aliphatic rings. The van der Waals surface area contributed by atoms with Gasteiger partial charge in [-0.15, -0.1) is 0 Å². The minimum atomic E-state index is -0.221. The van der Waals surface area contributed by atoms with Crippen LogP contribution in [0.15, 0.2) is 54.9 Å². The van der Waals surface area contributed by atoms with Gasteiger partial charge in [0, 0.05) is 18.0 Å². The van der Waals surface area contributed by atoms with E-state index in [1.165, 1.54) is 11.8 Å². The van der Waals surface area contributed by atoms with Gasteiger partial charge >= 0.3 is 0 Å². The van der Waals surface area contributed by atoms with Crippen LogP contribution in [0.5, 0.6) is 11.5 Å². The second kappa shape index (κ2) is 8.43. The van der Waals surface area contributed by atoms with Crippen molar-refractivity contribution < 1.29 is 14.3 Å². The van der Waals surface area contributed by atoms with Crippen LogP contribution in [0.1, 0.15) is 21.5 Å². The second-order valence-electron chi connectivity index (χ2n) is 6.41. The van der Waals surface area contributed by atoms with E-state index < -0.39 is 0 Å². The summed E-state index contributed by atoms with van der Waals surface area (Å²) in [6.07, 6.45) is 3.18. The van der Waals surface area contributed by atoms with Crippen LogP contribution in [0.2, 0.25) is 0 Å². The average molecular weight is 377 g/mol. The first kappa shape index (κ1) is 19.2. The third-order valence-corrected chi connectivity index (χ3v) is 4.45. The molecule has 3 aromatic rings. The lowest BCUT2D eigenvalue weighted by molar-refractivity contribution is 0.102. The van der Waals surface area contributed by atoms with Crippen LogP contribution in [-0.2, 0) is 0 Å². The number of ether oxygens (including phenoxy) is 2. The van der Waals surface area contributed by atoms with Crippen molar-refractivity contribution in [1.82, 2.24) is 4.98 Å². The second-order valence-corrected chi connectivity index (χ2v) is 6.41. The zero-order chi connectivity index (χ0) is 20.1.